The van der Waals surface area contributed by atoms with Crippen LogP contribution >= 0.6 is 11.3 Å². The first-order valence-electron chi connectivity index (χ1n) is 7.27. The highest BCUT2D eigenvalue weighted by atomic mass is 32.2. The van der Waals surface area contributed by atoms with Crippen molar-refractivity contribution >= 4 is 31.6 Å². The summed E-state index contributed by atoms with van der Waals surface area (Å²) in [5, 5.41) is 4.96. The maximum Gasteiger partial charge on any atom is 0.266 e. The molecule has 3 rings (SSSR count). The maximum atomic E-state index is 12.4. The maximum absolute atomic E-state index is 12.4. The van der Waals surface area contributed by atoms with Crippen LogP contribution in [0.3, 0.4) is 0 Å². The summed E-state index contributed by atoms with van der Waals surface area (Å²) in [7, 11) is -3.65. The number of rotatable bonds is 5. The molecule has 7 nitrogen and oxygen atoms in total. The number of fused-ring (bicyclic) bond motifs is 1. The molecule has 0 spiro atoms. The van der Waals surface area contributed by atoms with E-state index in [2.05, 4.69) is 14.8 Å². The van der Waals surface area contributed by atoms with Crippen LogP contribution in [0.4, 0.5) is 0 Å². The van der Waals surface area contributed by atoms with Crippen molar-refractivity contribution in [1.29, 1.82) is 0 Å². The van der Waals surface area contributed by atoms with Crippen LogP contribution in [0.1, 0.15) is 10.7 Å². The van der Waals surface area contributed by atoms with Gasteiger partial charge in [0.2, 0.25) is 10.0 Å². The van der Waals surface area contributed by atoms with Crippen LogP contribution in [0.2, 0.25) is 0 Å². The predicted molar refractivity (Wildman–Crippen MR) is 92.8 cm³/mol. The van der Waals surface area contributed by atoms with Crippen molar-refractivity contribution in [3.63, 3.8) is 0 Å². The molecule has 126 valence electrons. The van der Waals surface area contributed by atoms with Crippen LogP contribution in [-0.2, 0) is 16.6 Å². The minimum Gasteiger partial charge on any atom is -0.268 e. The zero-order valence-corrected chi connectivity index (χ0v) is 14.8. The van der Waals surface area contributed by atoms with E-state index in [9.17, 15) is 13.2 Å². The number of sulfonamides is 1. The average Bonchev–Trinajstić information content (AvgIpc) is 2.89. The Balaban J connectivity index is 1.75. The quantitative estimate of drug-likeness (QED) is 0.739. The topological polar surface area (TPSA) is 94.0 Å². The van der Waals surface area contributed by atoms with E-state index in [1.807, 2.05) is 6.92 Å². The van der Waals surface area contributed by atoms with Gasteiger partial charge < -0.3 is 0 Å². The molecule has 2 heterocycles. The number of nitrogens with one attached hydrogen (secondary N) is 1. The number of thiazole rings is 1. The predicted octanol–water partition coefficient (Wildman–Crippen LogP) is 1.45. The number of aromatic nitrogens is 3. The van der Waals surface area contributed by atoms with Crippen LogP contribution in [0.25, 0.3) is 10.2 Å². The minimum absolute atomic E-state index is 0.0818. The molecule has 3 aromatic rings. The molecular formula is C15H16N4O3S2. The molecule has 9 heteroatoms. The fourth-order valence-corrected chi connectivity index (χ4v) is 4.26. The number of benzene rings is 1. The van der Waals surface area contributed by atoms with Gasteiger partial charge in [-0.15, -0.1) is 11.3 Å². The lowest BCUT2D eigenvalue weighted by molar-refractivity contribution is 0.544. The van der Waals surface area contributed by atoms with Crippen molar-refractivity contribution in [2.45, 2.75) is 25.3 Å². The SMILES string of the molecule is Cc1ccc(=O)n(CCNS(=O)(=O)c2ccc3nc(C)sc3c2)n1. The zero-order chi connectivity index (χ0) is 17.3. The number of aryl methyl sites for hydroxylation is 2. The number of hydrogen-bond acceptors (Lipinski definition) is 6. The summed E-state index contributed by atoms with van der Waals surface area (Å²) in [6.07, 6.45) is 0. The summed E-state index contributed by atoms with van der Waals surface area (Å²) >= 11 is 1.45. The molecule has 0 amide bonds. The van der Waals surface area contributed by atoms with Gasteiger partial charge in [0, 0.05) is 12.6 Å². The van der Waals surface area contributed by atoms with Crippen LogP contribution in [-0.4, -0.2) is 29.7 Å². The van der Waals surface area contributed by atoms with Crippen molar-refractivity contribution in [3.05, 3.63) is 51.4 Å². The van der Waals surface area contributed by atoms with E-state index in [1.165, 1.54) is 28.2 Å². The lowest BCUT2D eigenvalue weighted by Crippen LogP contribution is -2.32. The van der Waals surface area contributed by atoms with Crippen LogP contribution in [0.5, 0.6) is 0 Å². The van der Waals surface area contributed by atoms with Gasteiger partial charge in [-0.05, 0) is 38.1 Å². The third-order valence-electron chi connectivity index (χ3n) is 3.39. The van der Waals surface area contributed by atoms with E-state index in [4.69, 9.17) is 0 Å². The average molecular weight is 364 g/mol. The minimum atomic E-state index is -3.65. The first-order valence-corrected chi connectivity index (χ1v) is 9.57. The molecule has 0 saturated heterocycles. The molecule has 0 aliphatic heterocycles. The van der Waals surface area contributed by atoms with Crippen LogP contribution < -0.4 is 10.3 Å². The second-order valence-corrected chi connectivity index (χ2v) is 8.30. The van der Waals surface area contributed by atoms with Gasteiger partial charge in [-0.1, -0.05) is 0 Å². The second kappa shape index (κ2) is 6.42. The van der Waals surface area contributed by atoms with Crippen molar-refractivity contribution in [2.24, 2.45) is 0 Å². The van der Waals surface area contributed by atoms with Gasteiger partial charge in [-0.25, -0.2) is 22.8 Å². The normalized spacial score (nSPS) is 11.9. The summed E-state index contributed by atoms with van der Waals surface area (Å²) in [5.41, 5.74) is 1.22. The van der Waals surface area contributed by atoms with Crippen molar-refractivity contribution in [2.75, 3.05) is 6.54 Å². The summed E-state index contributed by atoms with van der Waals surface area (Å²) in [6, 6.07) is 7.87. The Hall–Kier alpha value is -2.10. The van der Waals surface area contributed by atoms with Crippen molar-refractivity contribution in [3.8, 4) is 0 Å². The molecule has 24 heavy (non-hydrogen) atoms. The highest BCUT2D eigenvalue weighted by Crippen LogP contribution is 2.24. The van der Waals surface area contributed by atoms with Gasteiger partial charge in [0.25, 0.3) is 5.56 Å². The first-order chi connectivity index (χ1) is 11.3. The molecule has 0 aliphatic carbocycles. The van der Waals surface area contributed by atoms with Gasteiger partial charge in [-0.3, -0.25) is 4.79 Å². The number of hydrogen-bond donors (Lipinski definition) is 1. The van der Waals surface area contributed by atoms with Crippen LogP contribution in [0, 0.1) is 13.8 Å². The molecule has 1 N–H and O–H groups in total. The third-order valence-corrected chi connectivity index (χ3v) is 5.79. The van der Waals surface area contributed by atoms with E-state index in [1.54, 1.807) is 25.1 Å². The van der Waals surface area contributed by atoms with E-state index in [0.717, 1.165) is 15.2 Å². The van der Waals surface area contributed by atoms with E-state index >= 15 is 0 Å². The Morgan fingerprint density at radius 1 is 1.21 bits per heavy atom. The summed E-state index contributed by atoms with van der Waals surface area (Å²) in [5.74, 6) is 0. The standard InChI is InChI=1S/C15H16N4O3S2/c1-10-3-6-15(20)19(18-10)8-7-16-24(21,22)12-4-5-13-14(9-12)23-11(2)17-13/h3-6,9,16H,7-8H2,1-2H3. The first kappa shape index (κ1) is 16.7. The molecule has 0 radical (unpaired) electrons. The van der Waals surface area contributed by atoms with Crippen molar-refractivity contribution < 1.29 is 8.42 Å². The molecule has 1 aromatic carbocycles. The second-order valence-electron chi connectivity index (χ2n) is 5.30. The molecule has 0 atom stereocenters. The molecule has 0 aliphatic rings. The largest absolute Gasteiger partial charge is 0.268 e. The summed E-state index contributed by atoms with van der Waals surface area (Å²) in [6.45, 7) is 3.90. The van der Waals surface area contributed by atoms with Gasteiger partial charge in [0.15, 0.2) is 0 Å². The highest BCUT2D eigenvalue weighted by molar-refractivity contribution is 7.89. The van der Waals surface area contributed by atoms with Crippen LogP contribution in [0.15, 0.2) is 40.0 Å². The summed E-state index contributed by atoms with van der Waals surface area (Å²) < 4.78 is 29.3. The Morgan fingerprint density at radius 2 is 2.00 bits per heavy atom. The van der Waals surface area contributed by atoms with Gasteiger partial charge >= 0.3 is 0 Å². The molecule has 0 saturated carbocycles. The molecule has 2 aromatic heterocycles. The fourth-order valence-electron chi connectivity index (χ4n) is 2.27. The molecule has 0 bridgehead atoms. The van der Waals surface area contributed by atoms with E-state index < -0.39 is 10.0 Å². The lowest BCUT2D eigenvalue weighted by Gasteiger charge is -2.08. The smallest absolute Gasteiger partial charge is 0.266 e. The Morgan fingerprint density at radius 3 is 2.79 bits per heavy atom. The van der Waals surface area contributed by atoms with Gasteiger partial charge in [-0.2, -0.15) is 5.10 Å². The zero-order valence-electron chi connectivity index (χ0n) is 13.2. The van der Waals surface area contributed by atoms with E-state index in [-0.39, 0.29) is 23.5 Å². The summed E-state index contributed by atoms with van der Waals surface area (Å²) in [4.78, 5) is 16.2. The van der Waals surface area contributed by atoms with Crippen molar-refractivity contribution in [1.82, 2.24) is 19.5 Å². The monoisotopic (exact) mass is 364 g/mol. The lowest BCUT2D eigenvalue weighted by atomic mass is 10.3. The Kier molecular flexibility index (Phi) is 4.48. The third kappa shape index (κ3) is 3.53. The molecule has 0 unspecified atom stereocenters. The Labute approximate surface area is 143 Å². The fraction of sp³-hybridized carbons (Fsp3) is 0.267. The van der Waals surface area contributed by atoms with Gasteiger partial charge in [0.05, 0.1) is 32.4 Å². The highest BCUT2D eigenvalue weighted by Gasteiger charge is 2.15. The number of nitrogens with zero attached hydrogens (tertiary/aromatic N) is 3. The molecular weight excluding hydrogens is 348 g/mol. The van der Waals surface area contributed by atoms with E-state index in [0.29, 0.717) is 5.69 Å². The molecule has 0 fully saturated rings. The van der Waals surface area contributed by atoms with Gasteiger partial charge in [0.1, 0.15) is 0 Å². The Bertz CT molecular complexity index is 1050.